The van der Waals surface area contributed by atoms with Crippen molar-refractivity contribution >= 4 is 48.6 Å². The Morgan fingerprint density at radius 1 is 0.955 bits per heavy atom. The molecule has 0 radical (unpaired) electrons. The highest BCUT2D eigenvalue weighted by atomic mass is 79.9. The predicted molar refractivity (Wildman–Crippen MR) is 81.0 cm³/mol. The van der Waals surface area contributed by atoms with E-state index in [1.54, 1.807) is 30.3 Å². The summed E-state index contributed by atoms with van der Waals surface area (Å²) in [5.74, 6) is -1.31. The third-order valence-electron chi connectivity index (χ3n) is 3.28. The third kappa shape index (κ3) is 2.53. The molecular formula is C14H10BrNO5S. The highest BCUT2D eigenvalue weighted by molar-refractivity contribution is 9.10. The second kappa shape index (κ2) is 5.45. The third-order valence-corrected chi connectivity index (χ3v) is 5.21. The molecule has 6 nitrogen and oxygen atoms in total. The number of hydrogen-bond donors (Lipinski definition) is 0. The van der Waals surface area contributed by atoms with Gasteiger partial charge in [-0.1, -0.05) is 40.2 Å². The number of nitrogens with zero attached hydrogens (tertiary/aromatic N) is 1. The molecule has 1 fully saturated rings. The number of fused-ring (bicyclic) bond motifs is 1. The lowest BCUT2D eigenvalue weighted by Gasteiger charge is -2.14. The molecule has 2 aromatic rings. The maximum Gasteiger partial charge on any atom is 0.318 e. The first-order valence-electron chi connectivity index (χ1n) is 6.38. The Hall–Kier alpha value is -1.77. The number of benzene rings is 2. The molecular weight excluding hydrogens is 374 g/mol. The Balaban J connectivity index is 2.08. The molecule has 3 rings (SSSR count). The summed E-state index contributed by atoms with van der Waals surface area (Å²) in [5.41, 5.74) is 0. The Morgan fingerprint density at radius 3 is 2.18 bits per heavy atom. The minimum Gasteiger partial charge on any atom is -0.272 e. The van der Waals surface area contributed by atoms with Gasteiger partial charge < -0.3 is 0 Å². The van der Waals surface area contributed by atoms with E-state index in [0.717, 1.165) is 4.47 Å². The quantitative estimate of drug-likeness (QED) is 0.759. The van der Waals surface area contributed by atoms with Gasteiger partial charge in [-0.25, -0.2) is 0 Å². The van der Waals surface area contributed by atoms with Crippen molar-refractivity contribution < 1.29 is 22.3 Å². The molecule has 0 saturated carbocycles. The number of amides is 2. The number of hydrogen-bond acceptors (Lipinski definition) is 5. The number of rotatable bonds is 3. The van der Waals surface area contributed by atoms with Gasteiger partial charge in [0.15, 0.2) is 0 Å². The molecule has 1 aliphatic rings. The van der Waals surface area contributed by atoms with Gasteiger partial charge in [-0.2, -0.15) is 8.42 Å². The fraction of sp³-hybridized carbons (Fsp3) is 0.143. The summed E-state index contributed by atoms with van der Waals surface area (Å²) in [5, 5.41) is 1.45. The monoisotopic (exact) mass is 383 g/mol. The summed E-state index contributed by atoms with van der Waals surface area (Å²) >= 11 is 3.35. The smallest absolute Gasteiger partial charge is 0.272 e. The van der Waals surface area contributed by atoms with Crippen molar-refractivity contribution in [3.05, 3.63) is 40.9 Å². The van der Waals surface area contributed by atoms with E-state index in [0.29, 0.717) is 15.8 Å². The van der Waals surface area contributed by atoms with Gasteiger partial charge in [0.2, 0.25) is 0 Å². The van der Waals surface area contributed by atoms with Crippen LogP contribution in [0.4, 0.5) is 0 Å². The van der Waals surface area contributed by atoms with E-state index in [1.807, 2.05) is 0 Å². The Morgan fingerprint density at radius 2 is 1.55 bits per heavy atom. The van der Waals surface area contributed by atoms with Crippen molar-refractivity contribution in [1.29, 1.82) is 0 Å². The number of imide groups is 1. The standard InChI is InChI=1S/C14H10BrNO5S/c15-11-5-6-12(10-4-2-1-3-9(10)11)22(19,20)21-16-13(17)7-8-14(16)18/h1-6H,7-8H2. The predicted octanol–water partition coefficient (Wildman–Crippen LogP) is 2.37. The summed E-state index contributed by atoms with van der Waals surface area (Å²) < 4.78 is 30.3. The van der Waals surface area contributed by atoms with Crippen LogP contribution in [0.5, 0.6) is 0 Å². The molecule has 0 bridgehead atoms. The van der Waals surface area contributed by atoms with Crippen molar-refractivity contribution in [3.8, 4) is 0 Å². The van der Waals surface area contributed by atoms with Crippen LogP contribution in [-0.2, 0) is 24.0 Å². The average molecular weight is 384 g/mol. The first-order valence-corrected chi connectivity index (χ1v) is 8.58. The van der Waals surface area contributed by atoms with E-state index in [1.165, 1.54) is 6.07 Å². The van der Waals surface area contributed by atoms with E-state index in [9.17, 15) is 18.0 Å². The summed E-state index contributed by atoms with van der Waals surface area (Å²) in [7, 11) is -4.29. The largest absolute Gasteiger partial charge is 0.318 e. The first-order chi connectivity index (χ1) is 10.4. The molecule has 0 aromatic heterocycles. The maximum atomic E-state index is 12.4. The molecule has 0 aliphatic carbocycles. The number of halogens is 1. The minimum absolute atomic E-state index is 0.0462. The molecule has 114 valence electrons. The average Bonchev–Trinajstić information content (AvgIpc) is 2.79. The lowest BCUT2D eigenvalue weighted by molar-refractivity contribution is -0.163. The van der Waals surface area contributed by atoms with Crippen LogP contribution in [0.2, 0.25) is 0 Å². The van der Waals surface area contributed by atoms with Crippen molar-refractivity contribution in [2.75, 3.05) is 0 Å². The molecule has 8 heteroatoms. The Bertz CT molecular complexity index is 877. The highest BCUT2D eigenvalue weighted by Gasteiger charge is 2.35. The summed E-state index contributed by atoms with van der Waals surface area (Å²) in [6.07, 6.45) is -0.0924. The zero-order valence-electron chi connectivity index (χ0n) is 11.2. The Labute approximate surface area is 134 Å². The molecule has 0 unspecified atom stereocenters. The zero-order chi connectivity index (χ0) is 15.9. The van der Waals surface area contributed by atoms with Crippen LogP contribution in [0.3, 0.4) is 0 Å². The molecule has 0 atom stereocenters. The van der Waals surface area contributed by atoms with Gasteiger partial charge >= 0.3 is 10.1 Å². The lowest BCUT2D eigenvalue weighted by Crippen LogP contribution is -2.32. The van der Waals surface area contributed by atoms with Gasteiger partial charge in [-0.05, 0) is 17.5 Å². The zero-order valence-corrected chi connectivity index (χ0v) is 13.6. The molecule has 0 N–H and O–H groups in total. The van der Waals surface area contributed by atoms with Gasteiger partial charge in [-0.15, -0.1) is 9.35 Å². The number of carbonyl (C=O) groups is 2. The van der Waals surface area contributed by atoms with Crippen LogP contribution in [0.1, 0.15) is 12.8 Å². The van der Waals surface area contributed by atoms with Crippen LogP contribution in [0.15, 0.2) is 45.8 Å². The molecule has 0 spiro atoms. The molecule has 22 heavy (non-hydrogen) atoms. The van der Waals surface area contributed by atoms with Gasteiger partial charge in [0.05, 0.1) is 0 Å². The number of hydroxylamine groups is 2. The normalized spacial score (nSPS) is 15.8. The van der Waals surface area contributed by atoms with Gasteiger partial charge in [-0.3, -0.25) is 9.59 Å². The van der Waals surface area contributed by atoms with E-state index in [-0.39, 0.29) is 17.7 Å². The molecule has 2 amide bonds. The summed E-state index contributed by atoms with van der Waals surface area (Å²) in [4.78, 5) is 22.9. The molecule has 1 saturated heterocycles. The molecule has 1 heterocycles. The maximum absolute atomic E-state index is 12.4. The second-order valence-corrected chi connectivity index (χ2v) is 7.05. The highest BCUT2D eigenvalue weighted by Crippen LogP contribution is 2.31. The van der Waals surface area contributed by atoms with Crippen molar-refractivity contribution in [1.82, 2.24) is 5.06 Å². The summed E-state index contributed by atoms with van der Waals surface area (Å²) in [6, 6.07) is 9.80. The Kier molecular flexibility index (Phi) is 3.75. The summed E-state index contributed by atoms with van der Waals surface area (Å²) in [6.45, 7) is 0. The minimum atomic E-state index is -4.29. The second-order valence-electron chi connectivity index (χ2n) is 4.70. The van der Waals surface area contributed by atoms with Crippen LogP contribution < -0.4 is 0 Å². The van der Waals surface area contributed by atoms with Gasteiger partial charge in [0.1, 0.15) is 4.90 Å². The van der Waals surface area contributed by atoms with E-state index in [4.69, 9.17) is 4.28 Å². The van der Waals surface area contributed by atoms with Gasteiger partial charge in [0.25, 0.3) is 11.8 Å². The fourth-order valence-electron chi connectivity index (χ4n) is 2.23. The van der Waals surface area contributed by atoms with Crippen LogP contribution in [0.25, 0.3) is 10.8 Å². The van der Waals surface area contributed by atoms with Crippen molar-refractivity contribution in [2.45, 2.75) is 17.7 Å². The topological polar surface area (TPSA) is 80.8 Å². The fourth-order valence-corrected chi connectivity index (χ4v) is 3.83. The van der Waals surface area contributed by atoms with E-state index >= 15 is 0 Å². The first kappa shape index (κ1) is 15.1. The van der Waals surface area contributed by atoms with Crippen molar-refractivity contribution in [2.24, 2.45) is 0 Å². The van der Waals surface area contributed by atoms with Crippen LogP contribution in [-0.4, -0.2) is 25.3 Å². The number of carbonyl (C=O) groups excluding carboxylic acids is 2. The van der Waals surface area contributed by atoms with Crippen LogP contribution in [0, 0.1) is 0 Å². The van der Waals surface area contributed by atoms with E-state index < -0.39 is 21.9 Å². The SMILES string of the molecule is O=C1CCC(=O)N1OS(=O)(=O)c1ccc(Br)c2ccccc12. The molecule has 2 aromatic carbocycles. The lowest BCUT2D eigenvalue weighted by atomic mass is 10.1. The van der Waals surface area contributed by atoms with Gasteiger partial charge in [0, 0.05) is 22.7 Å². The molecule has 1 aliphatic heterocycles. The van der Waals surface area contributed by atoms with Crippen LogP contribution >= 0.6 is 15.9 Å². The van der Waals surface area contributed by atoms with E-state index in [2.05, 4.69) is 15.9 Å². The van der Waals surface area contributed by atoms with Crippen molar-refractivity contribution in [3.63, 3.8) is 0 Å².